The molecule has 0 aliphatic carbocycles. The highest BCUT2D eigenvalue weighted by molar-refractivity contribution is 7.93. The van der Waals surface area contributed by atoms with Crippen molar-refractivity contribution < 1.29 is 92.6 Å². The zero-order valence-electron chi connectivity index (χ0n) is 73.0. The second-order valence-corrected chi connectivity index (χ2v) is 40.5. The molecule has 0 radical (unpaired) electrons. The zero-order valence-corrected chi connectivity index (χ0v) is 77.0. The van der Waals surface area contributed by atoms with E-state index in [1.165, 1.54) is 63.0 Å². The van der Waals surface area contributed by atoms with Gasteiger partial charge in [0.25, 0.3) is 0 Å². The molecule has 0 aliphatic rings. The van der Waals surface area contributed by atoms with Gasteiger partial charge in [-0.3, -0.25) is 39.1 Å². The second kappa shape index (κ2) is 41.6. The molecule has 36 heteroatoms. The first kappa shape index (κ1) is 96.8. The van der Waals surface area contributed by atoms with Gasteiger partial charge in [0.05, 0.1) is 81.5 Å². The van der Waals surface area contributed by atoms with Crippen LogP contribution in [0, 0.1) is 61.5 Å². The first-order valence-electron chi connectivity index (χ1n) is 42.1. The number of ketones is 4. The topological polar surface area (TPSA) is 328 Å². The minimum absolute atomic E-state index is 0.00417. The Bertz CT molecular complexity index is 8110. The lowest BCUT2D eigenvalue weighted by Crippen LogP contribution is -2.18. The van der Waals surface area contributed by atoms with Crippen LogP contribution in [-0.4, -0.2) is 128 Å². The molecule has 10 heterocycles. The second-order valence-electron chi connectivity index (χ2n) is 32.3. The molecule has 0 saturated carbocycles. The normalized spacial score (nSPS) is 11.7. The molecule has 137 heavy (non-hydrogen) atoms. The summed E-state index contributed by atoms with van der Waals surface area (Å²) in [5.41, 5.74) is 10.2. The summed E-state index contributed by atoms with van der Waals surface area (Å²) >= 11 is 5.87. The maximum Gasteiger partial charge on any atom is 0.187 e. The van der Waals surface area contributed by atoms with Crippen LogP contribution in [0.4, 0.5) is 30.7 Å². The van der Waals surface area contributed by atoms with Gasteiger partial charge in [0.15, 0.2) is 62.5 Å². The summed E-state index contributed by atoms with van der Waals surface area (Å²) in [4.78, 5) is 65.4. The Morgan fingerprint density at radius 2 is 0.715 bits per heavy atom. The van der Waals surface area contributed by atoms with E-state index in [4.69, 9.17) is 20.6 Å². The predicted octanol–water partition coefficient (Wildman–Crippen LogP) is 18.5. The third-order valence-electron chi connectivity index (χ3n) is 21.8. The Hall–Kier alpha value is -14.8. The van der Waals surface area contributed by atoms with Crippen LogP contribution < -0.4 is 0 Å². The lowest BCUT2D eigenvalue weighted by atomic mass is 10.0. The third-order valence-corrected chi connectivity index (χ3v) is 28.8. The number of benzene rings is 8. The summed E-state index contributed by atoms with van der Waals surface area (Å²) in [5, 5.41) is 7.25. The van der Waals surface area contributed by atoms with E-state index in [1.807, 2.05) is 110 Å². The number of sulfone groups is 4. The standard InChI is InChI=1S/C29H23F2N3O3S.C27H21F2N3O4S.C23H18F2N2O3S.C22H18ClFN2O4S/c1-19-8-9-22(15-33-19)21-6-4-5-20(11-21)16-34-17-28(29-26(31)12-23(30)13-27(29)34)38(36,37)18-25(35)14-24-7-2-3-10-32-24;1-17-9-22(31-36-17)13-23(33)16-37(34,35)26-15-32(25-12-21(28)11-24(29)27(25)26)14-18-3-2-4-20(10-18)19-5-7-30-8-6-19;24-17-10-20(25)23-21(11-17)27(13-16-6-2-1-3-7-16)14-22(23)31(29,30)15-19(28)12-18-8-4-5-9-26-18;1-14-8-16(25-30-14)10-17(27)13-31(28,29)22-12-26(21-5-3-2-4-18(21)22)11-15-6-7-20(24)19(23)9-15/h2-13,15,17H,14,16,18H2,1H3;2-12,15H,13-14,16H2,1H3;1-11,14H,12-13,15H2;2-9,12H,10-11,13H2,1H3. The SMILES string of the molecule is Cc1cc(CC(=O)CS(=O)(=O)c2cn(Cc3ccc(F)c(Cl)c3)c3ccccc23)no1.Cc1cc(CC(=O)CS(=O)(=O)c2cn(Cc3cccc(-c4ccncc4)c3)c3cc(F)cc(F)c23)no1.Cc1ccc(-c2cccc(Cn3cc(S(=O)(=O)CC(=O)Cc4ccccn4)c4c(F)cc(F)cc43)c2)cn1.O=C(Cc1ccccn1)CS(=O)(=O)c1cn(Cc2ccccc2)c2cc(F)cc(F)c12. The first-order valence-corrected chi connectivity index (χ1v) is 49.1. The van der Waals surface area contributed by atoms with E-state index in [0.717, 1.165) is 62.8 Å². The molecule has 0 spiro atoms. The van der Waals surface area contributed by atoms with E-state index in [-0.39, 0.29) is 103 Å². The van der Waals surface area contributed by atoms with Gasteiger partial charge in [0.1, 0.15) is 75.3 Å². The molecule has 0 fully saturated rings. The summed E-state index contributed by atoms with van der Waals surface area (Å²) in [7, 11) is -16.6. The van der Waals surface area contributed by atoms with Gasteiger partial charge in [0, 0.05) is 159 Å². The average Bonchev–Trinajstić information content (AvgIpc) is 1.62. The van der Waals surface area contributed by atoms with E-state index < -0.39 is 126 Å². The van der Waals surface area contributed by atoms with Crippen molar-refractivity contribution in [1.29, 1.82) is 0 Å². The zero-order chi connectivity index (χ0) is 97.2. The maximum absolute atomic E-state index is 15.0. The number of pyridine rings is 4. The van der Waals surface area contributed by atoms with Crippen LogP contribution in [0.3, 0.4) is 0 Å². The molecule has 0 N–H and O–H groups in total. The molecular weight excluding hydrogens is 1870 g/mol. The van der Waals surface area contributed by atoms with E-state index in [2.05, 4.69) is 30.2 Å². The van der Waals surface area contributed by atoms with Crippen LogP contribution in [-0.2, 0) is 110 Å². The first-order chi connectivity index (χ1) is 65.4. The van der Waals surface area contributed by atoms with Gasteiger partial charge < -0.3 is 27.3 Å². The maximum atomic E-state index is 15.0. The Labute approximate surface area is 785 Å². The summed E-state index contributed by atoms with van der Waals surface area (Å²) < 4.78 is 222. The van der Waals surface area contributed by atoms with Gasteiger partial charge >= 0.3 is 0 Å². The Balaban J connectivity index is 0.000000139. The number of Topliss-reactive ketones (excluding diaryl/α,β-unsaturated/α-hetero) is 4. The summed E-state index contributed by atoms with van der Waals surface area (Å²) in [6.07, 6.45) is 12.8. The number of nitrogens with zero attached hydrogens (tertiary/aromatic N) is 10. The number of carbonyl (C=O) groups is 4. The predicted molar refractivity (Wildman–Crippen MR) is 500 cm³/mol. The van der Waals surface area contributed by atoms with Crippen molar-refractivity contribution in [3.05, 3.63) is 394 Å². The molecule has 0 unspecified atom stereocenters. The highest BCUT2D eigenvalue weighted by Crippen LogP contribution is 2.37. The fourth-order valence-corrected chi connectivity index (χ4v) is 21.8. The van der Waals surface area contributed by atoms with E-state index in [9.17, 15) is 83.6 Å². The van der Waals surface area contributed by atoms with Crippen molar-refractivity contribution in [1.82, 2.24) is 48.5 Å². The fraction of sp³-hybridized carbons (Fsp3) is 0.149. The molecule has 18 aromatic rings. The quantitative estimate of drug-likeness (QED) is 0.0377. The monoisotopic (exact) mass is 1950 g/mol. The molecule has 0 atom stereocenters. The fourth-order valence-electron chi connectivity index (χ4n) is 15.7. The van der Waals surface area contributed by atoms with Crippen molar-refractivity contribution in [3.63, 3.8) is 0 Å². The summed E-state index contributed by atoms with van der Waals surface area (Å²) in [6, 6.07) is 61.5. The number of rotatable bonds is 30. The van der Waals surface area contributed by atoms with Crippen LogP contribution >= 0.6 is 11.6 Å². The van der Waals surface area contributed by atoms with E-state index in [1.54, 1.807) is 116 Å². The number of carbonyl (C=O) groups excluding carboxylic acids is 4. The summed E-state index contributed by atoms with van der Waals surface area (Å²) in [6.45, 7) is 6.07. The molecular formula is C101H80ClF7N10O14S4. The highest BCUT2D eigenvalue weighted by atomic mass is 35.5. The number of aromatic nitrogens is 10. The Morgan fingerprint density at radius 3 is 1.13 bits per heavy atom. The van der Waals surface area contributed by atoms with Gasteiger partial charge in [-0.05, 0) is 151 Å². The third kappa shape index (κ3) is 23.8. The lowest BCUT2D eigenvalue weighted by Gasteiger charge is -2.09. The van der Waals surface area contributed by atoms with Crippen molar-refractivity contribution in [2.24, 2.45) is 0 Å². The number of para-hydroxylation sites is 1. The van der Waals surface area contributed by atoms with Crippen LogP contribution in [0.15, 0.2) is 315 Å². The van der Waals surface area contributed by atoms with Gasteiger partial charge in [-0.1, -0.05) is 131 Å². The number of halogens is 8. The van der Waals surface area contributed by atoms with Gasteiger partial charge in [-0.2, -0.15) is 0 Å². The lowest BCUT2D eigenvalue weighted by molar-refractivity contribution is -0.117. The van der Waals surface area contributed by atoms with Gasteiger partial charge in [-0.25, -0.2) is 64.4 Å². The average molecular weight is 1950 g/mol. The number of fused-ring (bicyclic) bond motifs is 4. The molecule has 10 aromatic heterocycles. The summed E-state index contributed by atoms with van der Waals surface area (Å²) in [5.74, 6) is -10.3. The molecule has 0 aliphatic heterocycles. The minimum Gasteiger partial charge on any atom is -0.361 e. The number of hydrogen-bond acceptors (Lipinski definition) is 20. The van der Waals surface area contributed by atoms with Crippen LogP contribution in [0.5, 0.6) is 0 Å². The van der Waals surface area contributed by atoms with Gasteiger partial charge in [0.2, 0.25) is 0 Å². The largest absolute Gasteiger partial charge is 0.361 e. The molecule has 24 nitrogen and oxygen atoms in total. The Morgan fingerprint density at radius 1 is 0.328 bits per heavy atom. The van der Waals surface area contributed by atoms with Crippen LogP contribution in [0.25, 0.3) is 65.9 Å². The van der Waals surface area contributed by atoms with E-state index in [0.29, 0.717) is 75.5 Å². The van der Waals surface area contributed by atoms with E-state index >= 15 is 0 Å². The van der Waals surface area contributed by atoms with Crippen molar-refractivity contribution in [2.75, 3.05) is 23.0 Å². The minimum atomic E-state index is -4.26. The van der Waals surface area contributed by atoms with Crippen LogP contribution in [0.2, 0.25) is 5.02 Å². The molecule has 0 bridgehead atoms. The smallest absolute Gasteiger partial charge is 0.187 e. The number of hydrogen-bond donors (Lipinski definition) is 0. The molecule has 0 saturated heterocycles. The van der Waals surface area contributed by atoms with Gasteiger partial charge in [-0.15, -0.1) is 0 Å². The molecule has 18 rings (SSSR count). The number of aryl methyl sites for hydroxylation is 3. The van der Waals surface area contributed by atoms with Crippen molar-refractivity contribution in [3.8, 4) is 22.3 Å². The molecule has 698 valence electrons. The molecule has 8 aromatic carbocycles. The highest BCUT2D eigenvalue weighted by Gasteiger charge is 2.33. The Kier molecular flexibility index (Phi) is 29.4. The van der Waals surface area contributed by atoms with Crippen LogP contribution in [0.1, 0.15) is 62.2 Å². The van der Waals surface area contributed by atoms with Crippen molar-refractivity contribution in [2.45, 2.75) is 92.2 Å². The van der Waals surface area contributed by atoms with Crippen molar-refractivity contribution >= 4 is 118 Å². The molecule has 0 amide bonds.